The van der Waals surface area contributed by atoms with Gasteiger partial charge in [-0.15, -0.1) is 6.58 Å². The van der Waals surface area contributed by atoms with Crippen molar-refractivity contribution < 1.29 is 13.2 Å². The number of hydrogen-bond donors (Lipinski definition) is 2. The summed E-state index contributed by atoms with van der Waals surface area (Å²) in [5.41, 5.74) is 2.33. The monoisotopic (exact) mass is 439 g/mol. The number of nitrogens with zero attached hydrogens (tertiary/aromatic N) is 3. The molecule has 0 bridgehead atoms. The molecule has 1 aromatic heterocycles. The molecule has 31 heavy (non-hydrogen) atoms. The quantitative estimate of drug-likeness (QED) is 0.501. The minimum absolute atomic E-state index is 0.150. The van der Waals surface area contributed by atoms with E-state index in [0.29, 0.717) is 18.7 Å². The number of amides is 2. The van der Waals surface area contributed by atoms with E-state index in [-0.39, 0.29) is 17.5 Å². The third kappa shape index (κ3) is 5.80. The lowest BCUT2D eigenvalue weighted by atomic mass is 10.3. The van der Waals surface area contributed by atoms with Gasteiger partial charge in [-0.1, -0.05) is 24.3 Å². The molecule has 3 aromatic rings. The van der Waals surface area contributed by atoms with Crippen LogP contribution in [0, 0.1) is 0 Å². The first kappa shape index (κ1) is 22.3. The van der Waals surface area contributed by atoms with E-state index in [2.05, 4.69) is 22.3 Å². The molecule has 8 nitrogen and oxygen atoms in total. The summed E-state index contributed by atoms with van der Waals surface area (Å²) in [6, 6.07) is 17.3. The first-order valence-corrected chi connectivity index (χ1v) is 11.2. The van der Waals surface area contributed by atoms with E-state index in [1.807, 2.05) is 42.6 Å². The Morgan fingerprint density at radius 3 is 2.52 bits per heavy atom. The maximum Gasteiger partial charge on any atom is 0.319 e. The highest BCUT2D eigenvalue weighted by atomic mass is 32.2. The van der Waals surface area contributed by atoms with Crippen molar-refractivity contribution in [2.45, 2.75) is 11.3 Å². The average Bonchev–Trinajstić information content (AvgIpc) is 3.24. The van der Waals surface area contributed by atoms with Crippen molar-refractivity contribution in [1.82, 2.24) is 19.4 Å². The second-order valence-corrected chi connectivity index (χ2v) is 8.86. The number of carbonyl (C=O) groups is 1. The predicted molar refractivity (Wildman–Crippen MR) is 121 cm³/mol. The van der Waals surface area contributed by atoms with Crippen LogP contribution in [0.3, 0.4) is 0 Å². The molecular weight excluding hydrogens is 414 g/mol. The fourth-order valence-corrected chi connectivity index (χ4v) is 4.01. The number of carbonyl (C=O) groups excluding carboxylic acids is 1. The molecule has 9 heteroatoms. The second kappa shape index (κ2) is 10.1. The molecule has 162 valence electrons. The normalized spacial score (nSPS) is 11.3. The summed E-state index contributed by atoms with van der Waals surface area (Å²) in [5, 5.41) is 9.96. The number of para-hydroxylation sites is 1. The Morgan fingerprint density at radius 1 is 1.13 bits per heavy atom. The zero-order chi connectivity index (χ0) is 22.3. The molecule has 0 aliphatic heterocycles. The number of anilines is 1. The number of rotatable bonds is 9. The molecule has 0 saturated carbocycles. The largest absolute Gasteiger partial charge is 0.337 e. The molecule has 0 saturated heterocycles. The third-order valence-corrected chi connectivity index (χ3v) is 6.38. The summed E-state index contributed by atoms with van der Waals surface area (Å²) in [6.07, 6.45) is 3.98. The topological polar surface area (TPSA) is 96.3 Å². The van der Waals surface area contributed by atoms with E-state index in [0.717, 1.165) is 11.4 Å². The van der Waals surface area contributed by atoms with Crippen molar-refractivity contribution in [1.29, 1.82) is 0 Å². The second-order valence-electron chi connectivity index (χ2n) is 6.82. The van der Waals surface area contributed by atoms with Gasteiger partial charge in [0.1, 0.15) is 0 Å². The van der Waals surface area contributed by atoms with Crippen LogP contribution in [0.15, 0.2) is 84.4 Å². The van der Waals surface area contributed by atoms with Crippen LogP contribution in [0.25, 0.3) is 5.69 Å². The molecule has 2 amide bonds. The molecule has 0 unspecified atom stereocenters. The summed E-state index contributed by atoms with van der Waals surface area (Å²) >= 11 is 0. The maximum atomic E-state index is 12.4. The van der Waals surface area contributed by atoms with Gasteiger partial charge in [-0.2, -0.15) is 9.40 Å². The van der Waals surface area contributed by atoms with Crippen LogP contribution in [0.4, 0.5) is 10.5 Å². The van der Waals surface area contributed by atoms with E-state index in [1.54, 1.807) is 16.8 Å². The van der Waals surface area contributed by atoms with Gasteiger partial charge in [0.2, 0.25) is 10.0 Å². The van der Waals surface area contributed by atoms with Crippen LogP contribution < -0.4 is 10.6 Å². The van der Waals surface area contributed by atoms with Crippen LogP contribution in [-0.4, -0.2) is 48.7 Å². The van der Waals surface area contributed by atoms with Gasteiger partial charge >= 0.3 is 6.03 Å². The number of sulfonamides is 1. The van der Waals surface area contributed by atoms with Gasteiger partial charge in [0, 0.05) is 38.4 Å². The van der Waals surface area contributed by atoms with E-state index in [9.17, 15) is 13.2 Å². The van der Waals surface area contributed by atoms with Crippen molar-refractivity contribution in [3.63, 3.8) is 0 Å². The molecular formula is C22H25N5O3S. The van der Waals surface area contributed by atoms with Crippen LogP contribution in [0.1, 0.15) is 5.69 Å². The van der Waals surface area contributed by atoms with Crippen molar-refractivity contribution in [2.75, 3.05) is 25.5 Å². The number of benzene rings is 2. The Labute approximate surface area is 182 Å². The average molecular weight is 440 g/mol. The minimum Gasteiger partial charge on any atom is -0.337 e. The lowest BCUT2D eigenvalue weighted by Gasteiger charge is -2.15. The standard InChI is InChI=1S/C22H25N5O3S/c1-3-16-26(2)31(29,30)21-11-9-18(10-12-21)24-22(28)23-15-13-19-14-17-27(25-19)20-7-5-4-6-8-20/h3-12,14,17H,1,13,15-16H2,2H3,(H2,23,24,28). The number of aromatic nitrogens is 2. The molecule has 0 radical (unpaired) electrons. The summed E-state index contributed by atoms with van der Waals surface area (Å²) in [7, 11) is -2.10. The van der Waals surface area contributed by atoms with Crippen LogP contribution in [0.5, 0.6) is 0 Å². The molecule has 0 atom stereocenters. The number of nitrogens with one attached hydrogen (secondary N) is 2. The molecule has 2 N–H and O–H groups in total. The van der Waals surface area contributed by atoms with Gasteiger partial charge in [-0.3, -0.25) is 0 Å². The highest BCUT2D eigenvalue weighted by Gasteiger charge is 2.19. The van der Waals surface area contributed by atoms with Gasteiger partial charge in [-0.05, 0) is 42.5 Å². The summed E-state index contributed by atoms with van der Waals surface area (Å²) < 4.78 is 27.8. The molecule has 0 aliphatic rings. The molecule has 0 spiro atoms. The van der Waals surface area contributed by atoms with E-state index in [4.69, 9.17) is 0 Å². The third-order valence-electron chi connectivity index (χ3n) is 4.54. The van der Waals surface area contributed by atoms with Gasteiger partial charge in [0.05, 0.1) is 16.3 Å². The highest BCUT2D eigenvalue weighted by Crippen LogP contribution is 2.17. The van der Waals surface area contributed by atoms with Crippen molar-refractivity contribution in [3.8, 4) is 5.69 Å². The summed E-state index contributed by atoms with van der Waals surface area (Å²) in [5.74, 6) is 0. The van der Waals surface area contributed by atoms with Crippen molar-refractivity contribution in [3.05, 3.63) is 85.2 Å². The highest BCUT2D eigenvalue weighted by molar-refractivity contribution is 7.89. The Balaban J connectivity index is 1.49. The Hall–Kier alpha value is -3.43. The Kier molecular flexibility index (Phi) is 7.22. The predicted octanol–water partition coefficient (Wildman–Crippen LogP) is 3.04. The van der Waals surface area contributed by atoms with Crippen LogP contribution in [-0.2, 0) is 16.4 Å². The van der Waals surface area contributed by atoms with Crippen LogP contribution in [0.2, 0.25) is 0 Å². The van der Waals surface area contributed by atoms with Gasteiger partial charge in [0.25, 0.3) is 0 Å². The molecule has 1 heterocycles. The molecule has 2 aromatic carbocycles. The smallest absolute Gasteiger partial charge is 0.319 e. The summed E-state index contributed by atoms with van der Waals surface area (Å²) in [6.45, 7) is 4.18. The number of urea groups is 1. The fraction of sp³-hybridized carbons (Fsp3) is 0.182. The van der Waals surface area contributed by atoms with E-state index < -0.39 is 10.0 Å². The first-order valence-electron chi connectivity index (χ1n) is 9.72. The van der Waals surface area contributed by atoms with Gasteiger partial charge in [0.15, 0.2) is 0 Å². The van der Waals surface area contributed by atoms with Gasteiger partial charge < -0.3 is 10.6 Å². The van der Waals surface area contributed by atoms with Crippen molar-refractivity contribution in [2.24, 2.45) is 0 Å². The first-order chi connectivity index (χ1) is 14.9. The van der Waals surface area contributed by atoms with Gasteiger partial charge in [-0.25, -0.2) is 17.9 Å². The molecule has 0 aliphatic carbocycles. The fourth-order valence-electron chi connectivity index (χ4n) is 2.87. The molecule has 3 rings (SSSR count). The number of hydrogen-bond acceptors (Lipinski definition) is 4. The minimum atomic E-state index is -3.58. The lowest BCUT2D eigenvalue weighted by molar-refractivity contribution is 0.252. The van der Waals surface area contributed by atoms with Crippen molar-refractivity contribution >= 4 is 21.7 Å². The Morgan fingerprint density at radius 2 is 1.84 bits per heavy atom. The zero-order valence-corrected chi connectivity index (χ0v) is 18.0. The Bertz CT molecular complexity index is 1130. The molecule has 0 fully saturated rings. The van der Waals surface area contributed by atoms with Crippen LogP contribution >= 0.6 is 0 Å². The maximum absolute atomic E-state index is 12.4. The summed E-state index contributed by atoms with van der Waals surface area (Å²) in [4.78, 5) is 12.3. The SMILES string of the molecule is C=CCN(C)S(=O)(=O)c1ccc(NC(=O)NCCc2ccn(-c3ccccc3)n2)cc1. The lowest BCUT2D eigenvalue weighted by Crippen LogP contribution is -2.30. The number of likely N-dealkylation sites (N-methyl/N-ethyl adjacent to an activating group) is 1. The zero-order valence-electron chi connectivity index (χ0n) is 17.2. The van der Waals surface area contributed by atoms with E-state index >= 15 is 0 Å². The van der Waals surface area contributed by atoms with E-state index in [1.165, 1.54) is 29.6 Å².